The zero-order valence-corrected chi connectivity index (χ0v) is 14.7. The van der Waals surface area contributed by atoms with Crippen molar-refractivity contribution >= 4 is 31.9 Å². The summed E-state index contributed by atoms with van der Waals surface area (Å²) in [5, 5.41) is 10.6. The first-order valence-electron chi connectivity index (χ1n) is 6.21. The average molecular weight is 400 g/mol. The molecule has 2 nitrogen and oxygen atoms in total. The highest BCUT2D eigenvalue weighted by atomic mass is 79.9. The first-order chi connectivity index (χ1) is 9.42. The van der Waals surface area contributed by atoms with Gasteiger partial charge in [-0.15, -0.1) is 0 Å². The molecule has 1 unspecified atom stereocenters. The molecular formula is C16H16Br2O2. The lowest BCUT2D eigenvalue weighted by Crippen LogP contribution is -2.04. The van der Waals surface area contributed by atoms with Crippen molar-refractivity contribution < 1.29 is 9.84 Å². The highest BCUT2D eigenvalue weighted by Gasteiger charge is 2.16. The minimum Gasteiger partial charge on any atom is -0.496 e. The maximum atomic E-state index is 10.6. The van der Waals surface area contributed by atoms with Crippen molar-refractivity contribution in [2.75, 3.05) is 7.11 Å². The van der Waals surface area contributed by atoms with Gasteiger partial charge in [0.15, 0.2) is 0 Å². The molecule has 4 heteroatoms. The van der Waals surface area contributed by atoms with Crippen molar-refractivity contribution in [3.63, 3.8) is 0 Å². The number of ether oxygens (including phenoxy) is 1. The Kier molecular flexibility index (Phi) is 4.89. The van der Waals surface area contributed by atoms with Crippen molar-refractivity contribution in [2.24, 2.45) is 0 Å². The Balaban J connectivity index is 2.47. The quantitative estimate of drug-likeness (QED) is 0.793. The third-order valence-corrected chi connectivity index (χ3v) is 4.19. The molecule has 0 aliphatic heterocycles. The van der Waals surface area contributed by atoms with E-state index in [2.05, 4.69) is 31.9 Å². The van der Waals surface area contributed by atoms with Gasteiger partial charge in [-0.05, 0) is 66.4 Å². The highest BCUT2D eigenvalue weighted by molar-refractivity contribution is 9.11. The van der Waals surface area contributed by atoms with Crippen molar-refractivity contribution in [1.82, 2.24) is 0 Å². The van der Waals surface area contributed by atoms with E-state index in [1.54, 1.807) is 7.11 Å². The minimum absolute atomic E-state index is 0.659. The number of benzene rings is 2. The highest BCUT2D eigenvalue weighted by Crippen LogP contribution is 2.32. The predicted molar refractivity (Wildman–Crippen MR) is 88.4 cm³/mol. The van der Waals surface area contributed by atoms with Gasteiger partial charge in [0.25, 0.3) is 0 Å². The maximum Gasteiger partial charge on any atom is 0.122 e. The molecule has 20 heavy (non-hydrogen) atoms. The molecular weight excluding hydrogens is 384 g/mol. The standard InChI is InChI=1S/C16H16Br2O2/c1-9-5-15(20-3)10(2)4-14(9)16(19)11-6-12(17)8-13(18)7-11/h4-8,16,19H,1-3H3. The molecule has 0 amide bonds. The lowest BCUT2D eigenvalue weighted by molar-refractivity contribution is 0.219. The summed E-state index contributed by atoms with van der Waals surface area (Å²) in [4.78, 5) is 0. The molecule has 2 aromatic carbocycles. The number of aliphatic hydroxyl groups excluding tert-OH is 1. The third kappa shape index (κ3) is 3.25. The predicted octanol–water partition coefficient (Wildman–Crippen LogP) is 4.92. The summed E-state index contributed by atoms with van der Waals surface area (Å²) in [6.07, 6.45) is -0.659. The molecule has 0 radical (unpaired) electrons. The molecule has 0 spiro atoms. The average Bonchev–Trinajstić information content (AvgIpc) is 2.39. The van der Waals surface area contributed by atoms with Crippen LogP contribution in [0.3, 0.4) is 0 Å². The topological polar surface area (TPSA) is 29.5 Å². The van der Waals surface area contributed by atoms with Gasteiger partial charge in [0, 0.05) is 8.95 Å². The summed E-state index contributed by atoms with van der Waals surface area (Å²) in [5.74, 6) is 0.842. The van der Waals surface area contributed by atoms with Crippen LogP contribution in [-0.2, 0) is 0 Å². The van der Waals surface area contributed by atoms with Crippen LogP contribution >= 0.6 is 31.9 Å². The van der Waals surface area contributed by atoms with E-state index in [0.29, 0.717) is 0 Å². The number of hydrogen-bond donors (Lipinski definition) is 1. The number of rotatable bonds is 3. The summed E-state index contributed by atoms with van der Waals surface area (Å²) in [6, 6.07) is 9.74. The lowest BCUT2D eigenvalue weighted by atomic mass is 9.95. The second kappa shape index (κ2) is 6.29. The Bertz CT molecular complexity index is 618. The number of aryl methyl sites for hydroxylation is 2. The number of aliphatic hydroxyl groups is 1. The van der Waals surface area contributed by atoms with E-state index in [1.807, 2.05) is 44.2 Å². The number of methoxy groups -OCH3 is 1. The van der Waals surface area contributed by atoms with E-state index in [9.17, 15) is 5.11 Å². The molecule has 0 aliphatic carbocycles. The van der Waals surface area contributed by atoms with Crippen LogP contribution in [0.4, 0.5) is 0 Å². The van der Waals surface area contributed by atoms with Gasteiger partial charge in [-0.25, -0.2) is 0 Å². The van der Waals surface area contributed by atoms with Gasteiger partial charge in [0.05, 0.1) is 7.11 Å². The fourth-order valence-electron chi connectivity index (χ4n) is 2.24. The van der Waals surface area contributed by atoms with Crippen LogP contribution < -0.4 is 4.74 Å². The van der Waals surface area contributed by atoms with Crippen molar-refractivity contribution in [3.05, 3.63) is 61.5 Å². The third-order valence-electron chi connectivity index (χ3n) is 3.28. The molecule has 2 rings (SSSR count). The largest absolute Gasteiger partial charge is 0.496 e. The molecule has 2 aromatic rings. The van der Waals surface area contributed by atoms with Crippen molar-refractivity contribution in [1.29, 1.82) is 0 Å². The summed E-state index contributed by atoms with van der Waals surface area (Å²) >= 11 is 6.90. The van der Waals surface area contributed by atoms with Crippen LogP contribution in [0.25, 0.3) is 0 Å². The van der Waals surface area contributed by atoms with Crippen LogP contribution in [0, 0.1) is 13.8 Å². The van der Waals surface area contributed by atoms with E-state index in [0.717, 1.165) is 36.9 Å². The Morgan fingerprint density at radius 2 is 1.55 bits per heavy atom. The van der Waals surface area contributed by atoms with Gasteiger partial charge in [-0.2, -0.15) is 0 Å². The second-order valence-electron chi connectivity index (χ2n) is 4.78. The molecule has 1 atom stereocenters. The van der Waals surface area contributed by atoms with Crippen molar-refractivity contribution in [2.45, 2.75) is 20.0 Å². The Hall–Kier alpha value is -0.840. The fraction of sp³-hybridized carbons (Fsp3) is 0.250. The molecule has 0 aliphatic rings. The zero-order chi connectivity index (χ0) is 14.9. The number of hydrogen-bond acceptors (Lipinski definition) is 2. The van der Waals surface area contributed by atoms with Gasteiger partial charge < -0.3 is 9.84 Å². The van der Waals surface area contributed by atoms with Crippen LogP contribution in [0.5, 0.6) is 5.75 Å². The molecule has 0 heterocycles. The molecule has 0 bridgehead atoms. The molecule has 0 saturated carbocycles. The molecule has 106 valence electrons. The Morgan fingerprint density at radius 1 is 0.950 bits per heavy atom. The van der Waals surface area contributed by atoms with Crippen LogP contribution in [-0.4, -0.2) is 12.2 Å². The van der Waals surface area contributed by atoms with Gasteiger partial charge in [0.2, 0.25) is 0 Å². The molecule has 0 saturated heterocycles. The van der Waals surface area contributed by atoms with E-state index < -0.39 is 6.10 Å². The molecule has 0 fully saturated rings. The molecule has 1 N–H and O–H groups in total. The van der Waals surface area contributed by atoms with E-state index in [4.69, 9.17) is 4.74 Å². The minimum atomic E-state index is -0.659. The smallest absolute Gasteiger partial charge is 0.122 e. The zero-order valence-electron chi connectivity index (χ0n) is 11.6. The first-order valence-corrected chi connectivity index (χ1v) is 7.80. The summed E-state index contributed by atoms with van der Waals surface area (Å²) in [6.45, 7) is 3.96. The van der Waals surface area contributed by atoms with Gasteiger partial charge >= 0.3 is 0 Å². The first kappa shape index (κ1) is 15.5. The monoisotopic (exact) mass is 398 g/mol. The fourth-order valence-corrected chi connectivity index (χ4v) is 3.57. The second-order valence-corrected chi connectivity index (χ2v) is 6.62. The maximum absolute atomic E-state index is 10.6. The lowest BCUT2D eigenvalue weighted by Gasteiger charge is -2.17. The van der Waals surface area contributed by atoms with Gasteiger partial charge in [0.1, 0.15) is 11.9 Å². The van der Waals surface area contributed by atoms with Crippen LogP contribution in [0.15, 0.2) is 39.3 Å². The Labute approximate surface area is 136 Å². The summed E-state index contributed by atoms with van der Waals surface area (Å²) in [5.41, 5.74) is 3.77. The SMILES string of the molecule is COc1cc(C)c(C(O)c2cc(Br)cc(Br)c2)cc1C. The number of halogens is 2. The van der Waals surface area contributed by atoms with E-state index in [1.165, 1.54) is 0 Å². The van der Waals surface area contributed by atoms with Gasteiger partial charge in [-0.3, -0.25) is 0 Å². The normalized spacial score (nSPS) is 12.3. The van der Waals surface area contributed by atoms with Crippen LogP contribution in [0.2, 0.25) is 0 Å². The molecule has 0 aromatic heterocycles. The Morgan fingerprint density at radius 3 is 2.10 bits per heavy atom. The van der Waals surface area contributed by atoms with Crippen LogP contribution in [0.1, 0.15) is 28.4 Å². The van der Waals surface area contributed by atoms with E-state index >= 15 is 0 Å². The summed E-state index contributed by atoms with van der Waals surface area (Å²) in [7, 11) is 1.66. The van der Waals surface area contributed by atoms with Gasteiger partial charge in [-0.1, -0.05) is 31.9 Å². The summed E-state index contributed by atoms with van der Waals surface area (Å²) < 4.78 is 7.18. The van der Waals surface area contributed by atoms with E-state index in [-0.39, 0.29) is 0 Å². The van der Waals surface area contributed by atoms with Crippen molar-refractivity contribution in [3.8, 4) is 5.75 Å².